The van der Waals surface area contributed by atoms with Crippen LogP contribution in [0.5, 0.6) is 11.5 Å². The third-order valence-electron chi connectivity index (χ3n) is 9.31. The predicted molar refractivity (Wildman–Crippen MR) is 123 cm³/mol. The second-order valence-corrected chi connectivity index (χ2v) is 10.3. The number of rotatable bonds is 6. The Hall–Kier alpha value is -2.58. The van der Waals surface area contributed by atoms with Gasteiger partial charge in [-0.1, -0.05) is 18.2 Å². The van der Waals surface area contributed by atoms with E-state index >= 15 is 0 Å². The third kappa shape index (κ3) is 2.36. The van der Waals surface area contributed by atoms with Crippen molar-refractivity contribution in [2.75, 3.05) is 41.0 Å². The quantitative estimate of drug-likeness (QED) is 0.501. The molecule has 0 unspecified atom stereocenters. The third-order valence-corrected chi connectivity index (χ3v) is 9.31. The summed E-state index contributed by atoms with van der Waals surface area (Å²) in [6, 6.07) is 4.42. The van der Waals surface area contributed by atoms with Crippen LogP contribution in [0.4, 0.5) is 0 Å². The van der Waals surface area contributed by atoms with Crippen LogP contribution in [0.3, 0.4) is 0 Å². The van der Waals surface area contributed by atoms with Gasteiger partial charge in [0.25, 0.3) is 0 Å². The molecule has 8 nitrogen and oxygen atoms in total. The van der Waals surface area contributed by atoms with Crippen molar-refractivity contribution in [3.05, 3.63) is 35.4 Å². The number of esters is 1. The Balaban J connectivity index is 1.50. The minimum atomic E-state index is -0.945. The zero-order valence-corrected chi connectivity index (χ0v) is 20.2. The van der Waals surface area contributed by atoms with Crippen molar-refractivity contribution in [3.63, 3.8) is 0 Å². The highest BCUT2D eigenvalue weighted by Crippen LogP contribution is 2.74. The van der Waals surface area contributed by atoms with Gasteiger partial charge in [0.15, 0.2) is 11.5 Å². The molecule has 4 aliphatic carbocycles. The number of carbonyl (C=O) groups excluding carboxylic acids is 2. The fourth-order valence-corrected chi connectivity index (χ4v) is 8.00. The lowest BCUT2D eigenvalue weighted by Crippen LogP contribution is -2.80. The fraction of sp³-hybridized carbons (Fsp3) is 0.615. The molecule has 0 aromatic heterocycles. The number of hydrogen-bond donors (Lipinski definition) is 1. The Bertz CT molecular complexity index is 1100. The zero-order valence-electron chi connectivity index (χ0n) is 20.2. The highest BCUT2D eigenvalue weighted by atomic mass is 16.6. The van der Waals surface area contributed by atoms with Gasteiger partial charge in [-0.05, 0) is 51.4 Å². The minimum Gasteiger partial charge on any atom is -0.493 e. The lowest BCUT2D eigenvalue weighted by molar-refractivity contribution is -0.213. The summed E-state index contributed by atoms with van der Waals surface area (Å²) in [5.41, 5.74) is 1.04. The molecule has 1 saturated heterocycles. The average Bonchev–Trinajstić information content (AvgIpc) is 3.22. The van der Waals surface area contributed by atoms with E-state index in [0.717, 1.165) is 30.9 Å². The summed E-state index contributed by atoms with van der Waals surface area (Å²) in [6.07, 6.45) is 6.49. The van der Waals surface area contributed by atoms with Gasteiger partial charge in [-0.25, -0.2) is 0 Å². The normalized spacial score (nSPS) is 38.2. The molecule has 6 aliphatic rings. The van der Waals surface area contributed by atoms with Crippen molar-refractivity contribution in [1.82, 2.24) is 10.2 Å². The number of ether oxygens (including phenoxy) is 4. The van der Waals surface area contributed by atoms with Gasteiger partial charge < -0.3 is 29.2 Å². The van der Waals surface area contributed by atoms with E-state index in [1.165, 1.54) is 11.1 Å². The molecule has 2 aliphatic heterocycles. The maximum absolute atomic E-state index is 13.6. The summed E-state index contributed by atoms with van der Waals surface area (Å²) >= 11 is 0. The van der Waals surface area contributed by atoms with Crippen LogP contribution in [0.25, 0.3) is 0 Å². The van der Waals surface area contributed by atoms with E-state index in [0.29, 0.717) is 6.42 Å². The average molecular weight is 469 g/mol. The molecule has 8 heteroatoms. The van der Waals surface area contributed by atoms with Crippen LogP contribution in [0.2, 0.25) is 0 Å². The van der Waals surface area contributed by atoms with Gasteiger partial charge in [-0.2, -0.15) is 0 Å². The Morgan fingerprint density at radius 2 is 2.09 bits per heavy atom. The molecule has 1 aromatic rings. The minimum absolute atomic E-state index is 0.155. The van der Waals surface area contributed by atoms with Crippen LogP contribution in [0.1, 0.15) is 30.9 Å². The number of piperidine rings is 1. The molecule has 7 rings (SSSR count). The molecule has 1 N–H and O–H groups in total. The number of nitrogens with zero attached hydrogens (tertiary/aromatic N) is 1. The first kappa shape index (κ1) is 21.9. The van der Waals surface area contributed by atoms with E-state index in [2.05, 4.69) is 35.5 Å². The molecule has 1 amide bonds. The molecule has 1 aromatic carbocycles. The SMILES string of the molecule is CCOC(=O)CNC(=O)[C@H]1C[C@@]23C=C[C@@]1(OC)[C@H]1Oc4c(OC)ccc5c4[C@@]12CCN(C)[C@H]3C5. The van der Waals surface area contributed by atoms with E-state index in [-0.39, 0.29) is 42.0 Å². The number of benzene rings is 1. The monoisotopic (exact) mass is 468 g/mol. The van der Waals surface area contributed by atoms with Crippen molar-refractivity contribution in [2.24, 2.45) is 11.3 Å². The fourth-order valence-electron chi connectivity index (χ4n) is 8.00. The standard InChI is InChI=1S/C26H32N2O6/c1-5-33-19(29)14-27-22(30)16-13-24-8-9-26(16,32-4)23-25(24)10-11-28(2)18(24)12-15-6-7-17(31-3)21(34-23)20(15)25/h6-9,16,18,23H,5,10-14H2,1-4H3,(H,27,30)/t16-,18+,23+,24-,25+,26+/m1/s1. The molecular formula is C26H32N2O6. The second kappa shape index (κ2) is 7.21. The van der Waals surface area contributed by atoms with Gasteiger partial charge in [-0.15, -0.1) is 0 Å². The maximum Gasteiger partial charge on any atom is 0.325 e. The molecule has 0 radical (unpaired) electrons. The van der Waals surface area contributed by atoms with E-state index in [9.17, 15) is 9.59 Å². The van der Waals surface area contributed by atoms with Crippen LogP contribution in [0, 0.1) is 11.3 Å². The van der Waals surface area contributed by atoms with Gasteiger partial charge in [0.05, 0.1) is 25.0 Å². The van der Waals surface area contributed by atoms with Crippen LogP contribution < -0.4 is 14.8 Å². The number of fused-ring (bicyclic) bond motifs is 1. The molecule has 2 heterocycles. The molecular weight excluding hydrogens is 436 g/mol. The van der Waals surface area contributed by atoms with Gasteiger partial charge in [0.1, 0.15) is 18.2 Å². The lowest BCUT2D eigenvalue weighted by atomic mass is 9.37. The number of likely N-dealkylation sites (tertiary alicyclic amines) is 1. The number of likely N-dealkylation sites (N-methyl/N-ethyl adjacent to an activating group) is 1. The highest BCUT2D eigenvalue weighted by molar-refractivity contribution is 5.86. The van der Waals surface area contributed by atoms with E-state index < -0.39 is 17.5 Å². The van der Waals surface area contributed by atoms with Crippen LogP contribution in [-0.2, 0) is 30.9 Å². The summed E-state index contributed by atoms with van der Waals surface area (Å²) in [5, 5.41) is 2.81. The zero-order chi connectivity index (χ0) is 23.9. The highest BCUT2D eigenvalue weighted by Gasteiger charge is 2.79. The second-order valence-electron chi connectivity index (χ2n) is 10.3. The lowest BCUT2D eigenvalue weighted by Gasteiger charge is -2.70. The van der Waals surface area contributed by atoms with Gasteiger partial charge in [0, 0.05) is 24.1 Å². The van der Waals surface area contributed by atoms with Crippen molar-refractivity contribution in [2.45, 2.75) is 49.3 Å². The number of hydrogen-bond acceptors (Lipinski definition) is 7. The molecule has 182 valence electrons. The maximum atomic E-state index is 13.6. The number of nitrogens with one attached hydrogen (secondary N) is 1. The first-order chi connectivity index (χ1) is 16.4. The number of amides is 1. The Morgan fingerprint density at radius 1 is 1.26 bits per heavy atom. The summed E-state index contributed by atoms with van der Waals surface area (Å²) in [6.45, 7) is 2.83. The molecule has 6 atom stereocenters. The van der Waals surface area contributed by atoms with Crippen LogP contribution >= 0.6 is 0 Å². The van der Waals surface area contributed by atoms with Crippen LogP contribution in [-0.4, -0.2) is 75.5 Å². The van der Waals surface area contributed by atoms with Crippen molar-refractivity contribution in [3.8, 4) is 11.5 Å². The number of carbonyl (C=O) groups is 2. The first-order valence-corrected chi connectivity index (χ1v) is 12.1. The molecule has 2 fully saturated rings. The summed E-state index contributed by atoms with van der Waals surface area (Å²) in [7, 11) is 5.51. The van der Waals surface area contributed by atoms with Crippen molar-refractivity contribution < 1.29 is 28.5 Å². The van der Waals surface area contributed by atoms with Crippen molar-refractivity contribution in [1.29, 1.82) is 0 Å². The number of methoxy groups -OCH3 is 2. The Kier molecular flexibility index (Phi) is 4.65. The molecule has 4 bridgehead atoms. The summed E-state index contributed by atoms with van der Waals surface area (Å²) < 4.78 is 23.8. The molecule has 1 saturated carbocycles. The smallest absolute Gasteiger partial charge is 0.325 e. The topological polar surface area (TPSA) is 86.3 Å². The van der Waals surface area contributed by atoms with E-state index in [1.807, 2.05) is 6.07 Å². The van der Waals surface area contributed by atoms with Gasteiger partial charge >= 0.3 is 5.97 Å². The Labute approximate surface area is 199 Å². The molecule has 2 spiro atoms. The largest absolute Gasteiger partial charge is 0.493 e. The van der Waals surface area contributed by atoms with E-state index in [1.54, 1.807) is 21.1 Å². The summed E-state index contributed by atoms with van der Waals surface area (Å²) in [4.78, 5) is 28.0. The molecule has 34 heavy (non-hydrogen) atoms. The van der Waals surface area contributed by atoms with Gasteiger partial charge in [-0.3, -0.25) is 9.59 Å². The first-order valence-electron chi connectivity index (χ1n) is 12.1. The van der Waals surface area contributed by atoms with Crippen molar-refractivity contribution >= 4 is 11.9 Å². The van der Waals surface area contributed by atoms with Crippen LogP contribution in [0.15, 0.2) is 24.3 Å². The predicted octanol–water partition coefficient (Wildman–Crippen LogP) is 1.59. The van der Waals surface area contributed by atoms with E-state index in [4.69, 9.17) is 18.9 Å². The summed E-state index contributed by atoms with van der Waals surface area (Å²) in [5.74, 6) is 0.387. The van der Waals surface area contributed by atoms with Gasteiger partial charge in [0.2, 0.25) is 5.91 Å². The Morgan fingerprint density at radius 3 is 2.82 bits per heavy atom.